The summed E-state index contributed by atoms with van der Waals surface area (Å²) in [5, 5.41) is 4.29. The first-order valence-electron chi connectivity index (χ1n) is 9.86. The molecule has 0 atom stereocenters. The second-order valence-electron chi connectivity index (χ2n) is 6.91. The Kier molecular flexibility index (Phi) is 6.09. The van der Waals surface area contributed by atoms with Gasteiger partial charge in [-0.15, -0.1) is 0 Å². The maximum absolute atomic E-state index is 13.3. The number of pyridine rings is 1. The molecular weight excluding hydrogens is 379 g/mol. The molecule has 4 rings (SSSR count). The van der Waals surface area contributed by atoms with Crippen LogP contribution in [0.2, 0.25) is 0 Å². The second kappa shape index (κ2) is 9.27. The quantitative estimate of drug-likeness (QED) is 0.416. The summed E-state index contributed by atoms with van der Waals surface area (Å²) in [6, 6.07) is 24.3. The fourth-order valence-electron chi connectivity index (χ4n) is 3.36. The average Bonchev–Trinajstić information content (AvgIpc) is 2.78. The van der Waals surface area contributed by atoms with Crippen LogP contribution in [-0.4, -0.2) is 18.7 Å². The highest BCUT2D eigenvalue weighted by atomic mass is 19.1. The lowest BCUT2D eigenvalue weighted by Crippen LogP contribution is -2.04. The van der Waals surface area contributed by atoms with E-state index in [1.165, 1.54) is 12.1 Å². The summed E-state index contributed by atoms with van der Waals surface area (Å²) in [5.74, 6) is 2.17. The first-order chi connectivity index (χ1) is 14.7. The normalized spacial score (nSPS) is 10.7. The van der Waals surface area contributed by atoms with E-state index in [-0.39, 0.29) is 5.82 Å². The zero-order chi connectivity index (χ0) is 20.8. The molecule has 1 heterocycles. The Balaban J connectivity index is 1.44. The summed E-state index contributed by atoms with van der Waals surface area (Å²) in [4.78, 5) is 4.70. The summed E-state index contributed by atoms with van der Waals surface area (Å²) >= 11 is 0. The van der Waals surface area contributed by atoms with Crippen LogP contribution in [0.25, 0.3) is 10.9 Å². The van der Waals surface area contributed by atoms with Gasteiger partial charge in [0.05, 0.1) is 19.2 Å². The van der Waals surface area contributed by atoms with E-state index in [2.05, 4.69) is 5.32 Å². The zero-order valence-corrected chi connectivity index (χ0v) is 16.8. The number of methoxy groups -OCH3 is 1. The Morgan fingerprint density at radius 1 is 0.900 bits per heavy atom. The van der Waals surface area contributed by atoms with Gasteiger partial charge in [-0.25, -0.2) is 9.37 Å². The lowest BCUT2D eigenvalue weighted by molar-refractivity contribution is 0.325. The van der Waals surface area contributed by atoms with E-state index in [0.717, 1.165) is 39.3 Å². The van der Waals surface area contributed by atoms with Gasteiger partial charge in [0.2, 0.25) is 0 Å². The molecule has 0 unspecified atom stereocenters. The molecular formula is C25H23FN2O2. The summed E-state index contributed by atoms with van der Waals surface area (Å²) < 4.78 is 24.7. The minimum absolute atomic E-state index is 0.227. The summed E-state index contributed by atoms with van der Waals surface area (Å²) in [6.07, 6.45) is 0.639. The van der Waals surface area contributed by atoms with Gasteiger partial charge in [-0.1, -0.05) is 36.4 Å². The van der Waals surface area contributed by atoms with Crippen molar-refractivity contribution in [2.24, 2.45) is 0 Å². The van der Waals surface area contributed by atoms with Crippen LogP contribution in [0.4, 0.5) is 10.2 Å². The van der Waals surface area contributed by atoms with Crippen LogP contribution in [0.5, 0.6) is 11.5 Å². The highest BCUT2D eigenvalue weighted by Crippen LogP contribution is 2.26. The van der Waals surface area contributed by atoms with Gasteiger partial charge in [0.25, 0.3) is 0 Å². The topological polar surface area (TPSA) is 43.4 Å². The van der Waals surface area contributed by atoms with Gasteiger partial charge in [-0.2, -0.15) is 0 Å². The molecule has 3 aromatic carbocycles. The molecule has 0 amide bonds. The van der Waals surface area contributed by atoms with Crippen LogP contribution in [-0.2, 0) is 13.0 Å². The number of rotatable bonds is 8. The van der Waals surface area contributed by atoms with E-state index in [0.29, 0.717) is 19.6 Å². The number of hydrogen-bond acceptors (Lipinski definition) is 4. The third-order valence-electron chi connectivity index (χ3n) is 4.88. The highest BCUT2D eigenvalue weighted by Gasteiger charge is 2.06. The second-order valence-corrected chi connectivity index (χ2v) is 6.91. The van der Waals surface area contributed by atoms with E-state index in [4.69, 9.17) is 14.5 Å². The minimum Gasteiger partial charge on any atom is -0.496 e. The van der Waals surface area contributed by atoms with Gasteiger partial charge >= 0.3 is 0 Å². The smallest absolute Gasteiger partial charge is 0.128 e. The zero-order valence-electron chi connectivity index (χ0n) is 16.8. The van der Waals surface area contributed by atoms with E-state index in [1.54, 1.807) is 13.2 Å². The predicted octanol–water partition coefficient (Wildman–Crippen LogP) is 5.62. The fraction of sp³-hybridized carbons (Fsp3) is 0.160. The molecule has 0 aliphatic carbocycles. The van der Waals surface area contributed by atoms with Gasteiger partial charge in [0.1, 0.15) is 23.1 Å². The molecule has 152 valence electrons. The maximum Gasteiger partial charge on any atom is 0.128 e. The molecule has 4 aromatic rings. The molecule has 0 aliphatic heterocycles. The molecule has 0 saturated heterocycles. The average molecular weight is 402 g/mol. The Bertz CT molecular complexity index is 1150. The Morgan fingerprint density at radius 2 is 1.73 bits per heavy atom. The first kappa shape index (κ1) is 19.7. The molecule has 1 N–H and O–H groups in total. The van der Waals surface area contributed by atoms with Crippen LogP contribution in [0, 0.1) is 5.82 Å². The molecule has 30 heavy (non-hydrogen) atoms. The van der Waals surface area contributed by atoms with Crippen LogP contribution in [0.1, 0.15) is 11.1 Å². The largest absolute Gasteiger partial charge is 0.496 e. The van der Waals surface area contributed by atoms with Gasteiger partial charge in [-0.05, 0) is 48.0 Å². The predicted molar refractivity (Wildman–Crippen MR) is 118 cm³/mol. The number of para-hydroxylation sites is 1. The van der Waals surface area contributed by atoms with Crippen molar-refractivity contribution in [2.45, 2.75) is 13.0 Å². The number of benzene rings is 3. The molecule has 0 saturated carbocycles. The van der Waals surface area contributed by atoms with Crippen molar-refractivity contribution in [3.05, 3.63) is 95.8 Å². The van der Waals surface area contributed by atoms with E-state index >= 15 is 0 Å². The van der Waals surface area contributed by atoms with E-state index in [1.807, 2.05) is 60.7 Å². The lowest BCUT2D eigenvalue weighted by Gasteiger charge is -2.12. The molecule has 4 nitrogen and oxygen atoms in total. The Hall–Kier alpha value is -3.60. The van der Waals surface area contributed by atoms with Crippen molar-refractivity contribution in [3.63, 3.8) is 0 Å². The number of nitrogens with one attached hydrogen (secondary N) is 1. The van der Waals surface area contributed by atoms with Crippen molar-refractivity contribution < 1.29 is 13.9 Å². The Labute approximate surface area is 175 Å². The van der Waals surface area contributed by atoms with Crippen LogP contribution in [0.15, 0.2) is 78.9 Å². The molecule has 0 radical (unpaired) electrons. The molecule has 0 aliphatic rings. The fourth-order valence-corrected chi connectivity index (χ4v) is 3.36. The number of aromatic nitrogens is 1. The van der Waals surface area contributed by atoms with Crippen LogP contribution < -0.4 is 14.8 Å². The van der Waals surface area contributed by atoms with Gasteiger partial charge in [-0.3, -0.25) is 0 Å². The van der Waals surface area contributed by atoms with Crippen LogP contribution in [0.3, 0.4) is 0 Å². The van der Waals surface area contributed by atoms with Gasteiger partial charge in [0, 0.05) is 23.9 Å². The molecule has 1 aromatic heterocycles. The molecule has 0 fully saturated rings. The molecule has 0 bridgehead atoms. The van der Waals surface area contributed by atoms with Crippen molar-refractivity contribution >= 4 is 16.7 Å². The summed E-state index contributed by atoms with van der Waals surface area (Å²) in [7, 11) is 1.67. The van der Waals surface area contributed by atoms with Crippen molar-refractivity contribution in [2.75, 3.05) is 19.0 Å². The number of anilines is 1. The number of fused-ring (bicyclic) bond motifs is 1. The van der Waals surface area contributed by atoms with E-state index in [9.17, 15) is 4.39 Å². The molecule has 0 spiro atoms. The number of halogens is 1. The standard InChI is InChI=1S/C25H23FN2O2/c1-29-23-10-3-2-7-19(23)17-27-25-13-12-21-22(28-25)9-5-11-24(21)30-15-14-18-6-4-8-20(26)16-18/h2-13,16H,14-15,17H2,1H3,(H,27,28). The first-order valence-corrected chi connectivity index (χ1v) is 9.86. The van der Waals surface area contributed by atoms with Gasteiger partial charge in [0.15, 0.2) is 0 Å². The summed E-state index contributed by atoms with van der Waals surface area (Å²) in [6.45, 7) is 1.09. The third kappa shape index (κ3) is 4.69. The lowest BCUT2D eigenvalue weighted by atomic mass is 10.1. The number of ether oxygens (including phenoxy) is 2. The third-order valence-corrected chi connectivity index (χ3v) is 4.88. The molecule has 5 heteroatoms. The summed E-state index contributed by atoms with van der Waals surface area (Å²) in [5.41, 5.74) is 2.83. The van der Waals surface area contributed by atoms with Crippen molar-refractivity contribution in [1.82, 2.24) is 4.98 Å². The van der Waals surface area contributed by atoms with Crippen LogP contribution >= 0.6 is 0 Å². The van der Waals surface area contributed by atoms with Crippen molar-refractivity contribution in [3.8, 4) is 11.5 Å². The number of hydrogen-bond donors (Lipinski definition) is 1. The Morgan fingerprint density at radius 3 is 2.60 bits per heavy atom. The monoisotopic (exact) mass is 402 g/mol. The minimum atomic E-state index is -0.227. The van der Waals surface area contributed by atoms with Crippen molar-refractivity contribution in [1.29, 1.82) is 0 Å². The maximum atomic E-state index is 13.3. The van der Waals surface area contributed by atoms with Gasteiger partial charge < -0.3 is 14.8 Å². The van der Waals surface area contributed by atoms with E-state index < -0.39 is 0 Å². The SMILES string of the molecule is COc1ccccc1CNc1ccc2c(OCCc3cccc(F)c3)cccc2n1. The number of nitrogens with zero attached hydrogens (tertiary/aromatic N) is 1. The highest BCUT2D eigenvalue weighted by molar-refractivity contribution is 5.86.